The molecule has 6 heteroatoms. The Hall–Kier alpha value is -1.59. The number of rotatable bonds is 3. The average molecular weight is 242 g/mol. The Kier molecular flexibility index (Phi) is 3.04. The van der Waals surface area contributed by atoms with Crippen molar-refractivity contribution in [2.24, 2.45) is 11.8 Å². The third-order valence-corrected chi connectivity index (χ3v) is 3.15. The lowest BCUT2D eigenvalue weighted by atomic mass is 9.89. The summed E-state index contributed by atoms with van der Waals surface area (Å²) in [6.07, 6.45) is 0.352. The van der Waals surface area contributed by atoms with Gasteiger partial charge in [-0.3, -0.25) is 14.4 Å². The van der Waals surface area contributed by atoms with Gasteiger partial charge in [0.2, 0.25) is 0 Å². The second-order valence-electron chi connectivity index (χ2n) is 4.19. The Bertz CT molecular complexity index is 363. The van der Waals surface area contributed by atoms with E-state index in [1.54, 1.807) is 0 Å². The van der Waals surface area contributed by atoms with Crippen LogP contribution >= 0.6 is 0 Å². The number of esters is 3. The van der Waals surface area contributed by atoms with Crippen molar-refractivity contribution in [1.29, 1.82) is 0 Å². The highest BCUT2D eigenvalue weighted by Gasteiger charge is 2.61. The molecule has 0 amide bonds. The maximum absolute atomic E-state index is 11.7. The van der Waals surface area contributed by atoms with Crippen LogP contribution < -0.4 is 0 Å². The van der Waals surface area contributed by atoms with E-state index in [1.807, 2.05) is 6.92 Å². The van der Waals surface area contributed by atoms with Crippen molar-refractivity contribution in [3.8, 4) is 0 Å². The number of fused-ring (bicyclic) bond motifs is 1. The molecule has 2 fully saturated rings. The third-order valence-electron chi connectivity index (χ3n) is 3.15. The second-order valence-corrected chi connectivity index (χ2v) is 4.19. The number of carbonyl (C=O) groups excluding carboxylic acids is 3. The first-order chi connectivity index (χ1) is 8.10. The third kappa shape index (κ3) is 1.77. The number of carbonyl (C=O) groups is 3. The lowest BCUT2D eigenvalue weighted by molar-refractivity contribution is -0.163. The summed E-state index contributed by atoms with van der Waals surface area (Å²) in [4.78, 5) is 34.7. The molecule has 0 spiro atoms. The van der Waals surface area contributed by atoms with Gasteiger partial charge in [-0.05, 0) is 6.42 Å². The summed E-state index contributed by atoms with van der Waals surface area (Å²) in [5.74, 6) is -3.98. The minimum atomic E-state index is -1.17. The predicted octanol–water partition coefficient (Wildman–Crippen LogP) is 0.0427. The highest BCUT2D eigenvalue weighted by Crippen LogP contribution is 2.39. The lowest BCUT2D eigenvalue weighted by Gasteiger charge is -2.13. The Labute approximate surface area is 98.2 Å². The van der Waals surface area contributed by atoms with Crippen LogP contribution in [0.15, 0.2) is 0 Å². The van der Waals surface area contributed by atoms with Crippen molar-refractivity contribution < 1.29 is 28.6 Å². The normalized spacial score (nSPS) is 35.2. The van der Waals surface area contributed by atoms with Gasteiger partial charge in [0.1, 0.15) is 12.0 Å². The van der Waals surface area contributed by atoms with Crippen LogP contribution in [0.25, 0.3) is 0 Å². The number of ether oxygens (including phenoxy) is 3. The Morgan fingerprint density at radius 2 is 2.00 bits per heavy atom. The zero-order valence-corrected chi connectivity index (χ0v) is 9.67. The molecule has 17 heavy (non-hydrogen) atoms. The molecule has 2 heterocycles. The van der Waals surface area contributed by atoms with E-state index in [2.05, 4.69) is 4.74 Å². The van der Waals surface area contributed by atoms with Gasteiger partial charge in [0, 0.05) is 0 Å². The largest absolute Gasteiger partial charge is 0.468 e. The topological polar surface area (TPSA) is 78.9 Å². The number of hydrogen-bond acceptors (Lipinski definition) is 6. The quantitative estimate of drug-likeness (QED) is 0.395. The summed E-state index contributed by atoms with van der Waals surface area (Å²) in [5, 5.41) is 0. The van der Waals surface area contributed by atoms with Gasteiger partial charge in [0.15, 0.2) is 12.0 Å². The SMILES string of the molecule is CCCC1OC(=O)C2C(C(=O)OC)C(=O)OC12. The van der Waals surface area contributed by atoms with E-state index in [1.165, 1.54) is 7.11 Å². The van der Waals surface area contributed by atoms with E-state index >= 15 is 0 Å². The monoisotopic (exact) mass is 242 g/mol. The van der Waals surface area contributed by atoms with Gasteiger partial charge < -0.3 is 14.2 Å². The maximum Gasteiger partial charge on any atom is 0.321 e. The fourth-order valence-corrected chi connectivity index (χ4v) is 2.37. The first-order valence-corrected chi connectivity index (χ1v) is 5.59. The van der Waals surface area contributed by atoms with Gasteiger partial charge in [-0.1, -0.05) is 13.3 Å². The summed E-state index contributed by atoms with van der Waals surface area (Å²) in [7, 11) is 1.17. The van der Waals surface area contributed by atoms with Crippen molar-refractivity contribution in [2.75, 3.05) is 7.11 Å². The van der Waals surface area contributed by atoms with Crippen LogP contribution in [0.1, 0.15) is 19.8 Å². The molecule has 0 aromatic carbocycles. The summed E-state index contributed by atoms with van der Waals surface area (Å²) < 4.78 is 14.7. The molecule has 0 aliphatic carbocycles. The highest BCUT2D eigenvalue weighted by molar-refractivity contribution is 6.02. The van der Waals surface area contributed by atoms with Crippen molar-refractivity contribution >= 4 is 17.9 Å². The Balaban J connectivity index is 2.22. The van der Waals surface area contributed by atoms with Crippen LogP contribution in [0, 0.1) is 11.8 Å². The Morgan fingerprint density at radius 3 is 2.59 bits per heavy atom. The molecule has 0 aromatic rings. The van der Waals surface area contributed by atoms with Gasteiger partial charge >= 0.3 is 17.9 Å². The van der Waals surface area contributed by atoms with Crippen LogP contribution in [0.2, 0.25) is 0 Å². The van der Waals surface area contributed by atoms with Crippen LogP contribution in [0.3, 0.4) is 0 Å². The molecule has 2 rings (SSSR count). The summed E-state index contributed by atoms with van der Waals surface area (Å²) in [5.41, 5.74) is 0. The van der Waals surface area contributed by atoms with Gasteiger partial charge in [0.05, 0.1) is 7.11 Å². The summed E-state index contributed by atoms with van der Waals surface area (Å²) >= 11 is 0. The number of methoxy groups -OCH3 is 1. The highest BCUT2D eigenvalue weighted by atomic mass is 16.6. The molecule has 2 saturated heterocycles. The van der Waals surface area contributed by atoms with E-state index in [0.29, 0.717) is 6.42 Å². The molecule has 0 aromatic heterocycles. The molecule has 2 aliphatic heterocycles. The van der Waals surface area contributed by atoms with Gasteiger partial charge in [-0.2, -0.15) is 0 Å². The fraction of sp³-hybridized carbons (Fsp3) is 0.727. The maximum atomic E-state index is 11.7. The first kappa shape index (κ1) is 11.9. The average Bonchev–Trinajstić information content (AvgIpc) is 2.77. The van der Waals surface area contributed by atoms with Crippen molar-refractivity contribution in [3.63, 3.8) is 0 Å². The lowest BCUT2D eigenvalue weighted by Crippen LogP contribution is -2.31. The van der Waals surface area contributed by atoms with Gasteiger partial charge in [0.25, 0.3) is 0 Å². The van der Waals surface area contributed by atoms with Crippen LogP contribution in [0.5, 0.6) is 0 Å². The van der Waals surface area contributed by atoms with Crippen molar-refractivity contribution in [1.82, 2.24) is 0 Å². The zero-order chi connectivity index (χ0) is 12.6. The molecule has 4 unspecified atom stereocenters. The molecule has 94 valence electrons. The first-order valence-electron chi connectivity index (χ1n) is 5.59. The smallest absolute Gasteiger partial charge is 0.321 e. The van der Waals surface area contributed by atoms with E-state index in [0.717, 1.165) is 6.42 Å². The van der Waals surface area contributed by atoms with Crippen LogP contribution in [-0.4, -0.2) is 37.2 Å². The molecular formula is C11H14O6. The van der Waals surface area contributed by atoms with Crippen molar-refractivity contribution in [2.45, 2.75) is 32.0 Å². The summed E-state index contributed by atoms with van der Waals surface area (Å²) in [6.45, 7) is 1.94. The molecule has 0 bridgehead atoms. The van der Waals surface area contributed by atoms with E-state index < -0.39 is 42.0 Å². The van der Waals surface area contributed by atoms with Gasteiger partial charge in [-0.15, -0.1) is 0 Å². The number of hydrogen-bond donors (Lipinski definition) is 0. The van der Waals surface area contributed by atoms with E-state index in [9.17, 15) is 14.4 Å². The van der Waals surface area contributed by atoms with Gasteiger partial charge in [-0.25, -0.2) is 0 Å². The summed E-state index contributed by atoms with van der Waals surface area (Å²) in [6, 6.07) is 0. The molecule has 6 nitrogen and oxygen atoms in total. The van der Waals surface area contributed by atoms with Crippen LogP contribution in [0.4, 0.5) is 0 Å². The standard InChI is InChI=1S/C11H14O6/c1-3-4-5-8-6(10(13)16-5)7(9(12)15-2)11(14)17-8/h5-8H,3-4H2,1-2H3. The Morgan fingerprint density at radius 1 is 1.29 bits per heavy atom. The van der Waals surface area contributed by atoms with Crippen molar-refractivity contribution in [3.05, 3.63) is 0 Å². The predicted molar refractivity (Wildman–Crippen MR) is 53.7 cm³/mol. The van der Waals surface area contributed by atoms with E-state index in [4.69, 9.17) is 9.47 Å². The number of cyclic esters (lactones) is 1. The molecular weight excluding hydrogens is 228 g/mol. The molecule has 4 atom stereocenters. The molecule has 0 radical (unpaired) electrons. The van der Waals surface area contributed by atoms with E-state index in [-0.39, 0.29) is 0 Å². The minimum absolute atomic E-state index is 0.434. The fourth-order valence-electron chi connectivity index (χ4n) is 2.37. The zero-order valence-electron chi connectivity index (χ0n) is 9.67. The molecule has 0 N–H and O–H groups in total. The molecule has 2 aliphatic rings. The van der Waals surface area contributed by atoms with Crippen LogP contribution in [-0.2, 0) is 28.6 Å². The minimum Gasteiger partial charge on any atom is -0.468 e. The second kappa shape index (κ2) is 4.35. The molecule has 0 saturated carbocycles.